The summed E-state index contributed by atoms with van der Waals surface area (Å²) in [5.74, 6) is 0.344. The molecule has 1 N–H and O–H groups in total. The average molecular weight is 367 g/mol. The molecule has 0 bridgehead atoms. The smallest absolute Gasteiger partial charge is 0.226 e. The number of nitrogens with zero attached hydrogens (tertiary/aromatic N) is 2. The third kappa shape index (κ3) is 4.54. The largest absolute Gasteiger partial charge is 0.339 e. The standard InChI is InChI=1S/C22H26FN3O/c1-14-10-19-18(24-21(14)25-20(27)12-22(3,4)5)11-15(2)26(19)13-16-6-8-17(23)9-7-16/h6-11H,12-13H2,1-5H3,(H,24,25,27). The Labute approximate surface area is 159 Å². The molecular formula is C22H26FN3O. The fourth-order valence-electron chi connectivity index (χ4n) is 3.17. The summed E-state index contributed by atoms with van der Waals surface area (Å²) >= 11 is 0. The second kappa shape index (κ2) is 7.14. The van der Waals surface area contributed by atoms with E-state index in [2.05, 4.69) is 14.9 Å². The zero-order valence-corrected chi connectivity index (χ0v) is 16.6. The Morgan fingerprint density at radius 1 is 1.15 bits per heavy atom. The number of aromatic nitrogens is 2. The van der Waals surface area contributed by atoms with Crippen molar-refractivity contribution >= 4 is 22.8 Å². The second-order valence-corrected chi connectivity index (χ2v) is 8.34. The maximum absolute atomic E-state index is 13.2. The van der Waals surface area contributed by atoms with Crippen LogP contribution in [-0.4, -0.2) is 15.5 Å². The van der Waals surface area contributed by atoms with Crippen molar-refractivity contribution in [2.45, 2.75) is 47.6 Å². The van der Waals surface area contributed by atoms with E-state index in [9.17, 15) is 9.18 Å². The summed E-state index contributed by atoms with van der Waals surface area (Å²) in [6.07, 6.45) is 0.441. The van der Waals surface area contributed by atoms with Gasteiger partial charge in [0.1, 0.15) is 11.6 Å². The lowest BCUT2D eigenvalue weighted by Crippen LogP contribution is -2.20. The minimum absolute atomic E-state index is 0.0279. The van der Waals surface area contributed by atoms with E-state index >= 15 is 0 Å². The highest BCUT2D eigenvalue weighted by Gasteiger charge is 2.18. The van der Waals surface area contributed by atoms with Crippen molar-refractivity contribution in [2.24, 2.45) is 5.41 Å². The Morgan fingerprint density at radius 2 is 1.81 bits per heavy atom. The van der Waals surface area contributed by atoms with Gasteiger partial charge in [-0.1, -0.05) is 32.9 Å². The van der Waals surface area contributed by atoms with Gasteiger partial charge in [0.15, 0.2) is 0 Å². The number of fused-ring (bicyclic) bond motifs is 1. The summed E-state index contributed by atoms with van der Waals surface area (Å²) in [6.45, 7) is 10.7. The molecule has 27 heavy (non-hydrogen) atoms. The molecule has 0 saturated carbocycles. The predicted octanol–water partition coefficient (Wildman–Crippen LogP) is 5.22. The highest BCUT2D eigenvalue weighted by molar-refractivity contribution is 5.92. The Bertz CT molecular complexity index is 981. The number of carbonyl (C=O) groups excluding carboxylic acids is 1. The monoisotopic (exact) mass is 367 g/mol. The Kier molecular flexibility index (Phi) is 5.05. The van der Waals surface area contributed by atoms with Crippen molar-refractivity contribution < 1.29 is 9.18 Å². The highest BCUT2D eigenvalue weighted by Crippen LogP contribution is 2.25. The molecule has 0 fully saturated rings. The van der Waals surface area contributed by atoms with Crippen LogP contribution in [0, 0.1) is 25.1 Å². The molecule has 0 atom stereocenters. The molecule has 5 heteroatoms. The molecule has 0 aliphatic carbocycles. The molecule has 2 heterocycles. The van der Waals surface area contributed by atoms with E-state index in [0.29, 0.717) is 18.8 Å². The summed E-state index contributed by atoms with van der Waals surface area (Å²) in [6, 6.07) is 10.6. The van der Waals surface area contributed by atoms with Gasteiger partial charge < -0.3 is 9.88 Å². The molecule has 0 aliphatic heterocycles. The van der Waals surface area contributed by atoms with E-state index in [-0.39, 0.29) is 17.1 Å². The first-order valence-corrected chi connectivity index (χ1v) is 9.14. The first-order chi connectivity index (χ1) is 12.6. The van der Waals surface area contributed by atoms with Gasteiger partial charge in [-0.05, 0) is 54.7 Å². The van der Waals surface area contributed by atoms with Gasteiger partial charge in [0.2, 0.25) is 5.91 Å². The summed E-state index contributed by atoms with van der Waals surface area (Å²) in [4.78, 5) is 16.9. The van der Waals surface area contributed by atoms with Crippen LogP contribution in [0.4, 0.5) is 10.2 Å². The summed E-state index contributed by atoms with van der Waals surface area (Å²) in [7, 11) is 0. The number of aryl methyl sites for hydroxylation is 2. The topological polar surface area (TPSA) is 46.9 Å². The van der Waals surface area contributed by atoms with Gasteiger partial charge in [0, 0.05) is 18.7 Å². The van der Waals surface area contributed by atoms with Crippen molar-refractivity contribution in [3.8, 4) is 0 Å². The molecule has 1 aromatic carbocycles. The van der Waals surface area contributed by atoms with Crippen LogP contribution in [0.5, 0.6) is 0 Å². The van der Waals surface area contributed by atoms with Gasteiger partial charge in [0.05, 0.1) is 11.0 Å². The van der Waals surface area contributed by atoms with Gasteiger partial charge in [-0.25, -0.2) is 9.37 Å². The van der Waals surface area contributed by atoms with E-state index in [1.165, 1.54) is 12.1 Å². The van der Waals surface area contributed by atoms with E-state index in [0.717, 1.165) is 27.9 Å². The molecule has 0 spiro atoms. The molecule has 2 aromatic heterocycles. The van der Waals surface area contributed by atoms with Gasteiger partial charge in [-0.3, -0.25) is 4.79 Å². The van der Waals surface area contributed by atoms with E-state index < -0.39 is 0 Å². The minimum Gasteiger partial charge on any atom is -0.339 e. The Balaban J connectivity index is 1.90. The molecule has 0 radical (unpaired) electrons. The SMILES string of the molecule is Cc1cc2c(cc(C)n2Cc2ccc(F)cc2)nc1NC(=O)CC(C)(C)C. The zero-order chi connectivity index (χ0) is 19.8. The fourth-order valence-corrected chi connectivity index (χ4v) is 3.17. The van der Waals surface area contributed by atoms with Crippen LogP contribution in [0.2, 0.25) is 0 Å². The van der Waals surface area contributed by atoms with E-state index in [1.54, 1.807) is 12.1 Å². The van der Waals surface area contributed by atoms with Crippen LogP contribution in [0.25, 0.3) is 11.0 Å². The minimum atomic E-state index is -0.235. The van der Waals surface area contributed by atoms with Crippen LogP contribution < -0.4 is 5.32 Å². The van der Waals surface area contributed by atoms with Crippen LogP contribution in [0.3, 0.4) is 0 Å². The number of carbonyl (C=O) groups is 1. The van der Waals surface area contributed by atoms with Gasteiger partial charge in [-0.15, -0.1) is 0 Å². The van der Waals surface area contributed by atoms with Crippen molar-refractivity contribution in [3.05, 3.63) is 59.0 Å². The number of hydrogen-bond acceptors (Lipinski definition) is 2. The summed E-state index contributed by atoms with van der Waals surface area (Å²) < 4.78 is 15.3. The lowest BCUT2D eigenvalue weighted by Gasteiger charge is -2.17. The summed E-state index contributed by atoms with van der Waals surface area (Å²) in [5, 5.41) is 2.94. The lowest BCUT2D eigenvalue weighted by molar-refractivity contribution is -0.117. The number of amides is 1. The number of pyridine rings is 1. The van der Waals surface area contributed by atoms with Gasteiger partial charge in [0.25, 0.3) is 0 Å². The van der Waals surface area contributed by atoms with Crippen LogP contribution in [0.15, 0.2) is 36.4 Å². The van der Waals surface area contributed by atoms with E-state index in [4.69, 9.17) is 0 Å². The number of nitrogens with one attached hydrogen (secondary N) is 1. The molecule has 4 nitrogen and oxygen atoms in total. The Hall–Kier alpha value is -2.69. The van der Waals surface area contributed by atoms with Crippen molar-refractivity contribution in [1.82, 2.24) is 9.55 Å². The van der Waals surface area contributed by atoms with Crippen LogP contribution in [0.1, 0.15) is 44.0 Å². The maximum Gasteiger partial charge on any atom is 0.226 e. The number of benzene rings is 1. The molecule has 0 saturated heterocycles. The maximum atomic E-state index is 13.2. The quantitative estimate of drug-likeness (QED) is 0.687. The van der Waals surface area contributed by atoms with Gasteiger partial charge in [-0.2, -0.15) is 0 Å². The summed E-state index contributed by atoms with van der Waals surface area (Å²) in [5.41, 5.74) is 4.78. The lowest BCUT2D eigenvalue weighted by atomic mass is 9.92. The molecule has 0 aliphatic rings. The first kappa shape index (κ1) is 19.1. The average Bonchev–Trinajstić information content (AvgIpc) is 2.83. The highest BCUT2D eigenvalue weighted by atomic mass is 19.1. The molecule has 142 valence electrons. The Morgan fingerprint density at radius 3 is 2.44 bits per heavy atom. The zero-order valence-electron chi connectivity index (χ0n) is 16.6. The van der Waals surface area contributed by atoms with E-state index in [1.807, 2.05) is 46.8 Å². The number of hydrogen-bond donors (Lipinski definition) is 1. The second-order valence-electron chi connectivity index (χ2n) is 8.34. The molecule has 1 amide bonds. The molecule has 3 aromatic rings. The van der Waals surface area contributed by atoms with Crippen LogP contribution in [-0.2, 0) is 11.3 Å². The van der Waals surface area contributed by atoms with Gasteiger partial charge >= 0.3 is 0 Å². The van der Waals surface area contributed by atoms with Crippen molar-refractivity contribution in [1.29, 1.82) is 0 Å². The first-order valence-electron chi connectivity index (χ1n) is 9.14. The molecule has 3 rings (SSSR count). The fraction of sp³-hybridized carbons (Fsp3) is 0.364. The van der Waals surface area contributed by atoms with Crippen molar-refractivity contribution in [3.63, 3.8) is 0 Å². The van der Waals surface area contributed by atoms with Crippen LogP contribution >= 0.6 is 0 Å². The molecular weight excluding hydrogens is 341 g/mol. The van der Waals surface area contributed by atoms with Crippen molar-refractivity contribution in [2.75, 3.05) is 5.32 Å². The molecule has 0 unspecified atom stereocenters. The number of halogens is 1. The number of rotatable bonds is 4. The predicted molar refractivity (Wildman–Crippen MR) is 107 cm³/mol. The third-order valence-corrected chi connectivity index (χ3v) is 4.49. The normalized spacial score (nSPS) is 11.8. The number of anilines is 1. The third-order valence-electron chi connectivity index (χ3n) is 4.49.